The van der Waals surface area contributed by atoms with Crippen molar-refractivity contribution in [2.45, 2.75) is 11.7 Å². The lowest BCUT2D eigenvalue weighted by Crippen LogP contribution is -2.26. The number of aromatic carboxylic acids is 1. The van der Waals surface area contributed by atoms with Crippen LogP contribution in [0.3, 0.4) is 0 Å². The first-order valence-corrected chi connectivity index (χ1v) is 9.05. The highest BCUT2D eigenvalue weighted by atomic mass is 32.2. The van der Waals surface area contributed by atoms with E-state index in [1.165, 1.54) is 12.3 Å². The minimum absolute atomic E-state index is 0.200. The Bertz CT molecular complexity index is 1000. The molecule has 1 unspecified atom stereocenters. The van der Waals surface area contributed by atoms with Gasteiger partial charge in [0.05, 0.1) is 18.2 Å². The number of carboxylic acid groups (broad SMARTS) is 2. The maximum atomic E-state index is 11.7. The highest BCUT2D eigenvalue weighted by molar-refractivity contribution is 8.15. The van der Waals surface area contributed by atoms with Gasteiger partial charge in [-0.15, -0.1) is 5.10 Å². The average molecular weight is 397 g/mol. The number of hydrogen-bond acceptors (Lipinski definition) is 6. The molecule has 28 heavy (non-hydrogen) atoms. The monoisotopic (exact) mass is 397 g/mol. The molecule has 2 aromatic carbocycles. The first-order valence-electron chi connectivity index (χ1n) is 8.17. The van der Waals surface area contributed by atoms with Gasteiger partial charge in [-0.3, -0.25) is 9.59 Å². The van der Waals surface area contributed by atoms with Gasteiger partial charge in [-0.05, 0) is 28.8 Å². The molecule has 1 aliphatic rings. The Kier molecular flexibility index (Phi) is 5.85. The number of amidine groups is 1. The van der Waals surface area contributed by atoms with E-state index in [9.17, 15) is 19.5 Å². The third-order valence-corrected chi connectivity index (χ3v) is 4.92. The van der Waals surface area contributed by atoms with Crippen molar-refractivity contribution in [1.29, 1.82) is 0 Å². The van der Waals surface area contributed by atoms with Crippen LogP contribution < -0.4 is 5.32 Å². The quantitative estimate of drug-likeness (QED) is 0.507. The third kappa shape index (κ3) is 4.63. The van der Waals surface area contributed by atoms with Gasteiger partial charge in [0.1, 0.15) is 5.25 Å². The molecule has 0 aliphatic carbocycles. The molecule has 0 saturated carbocycles. The van der Waals surface area contributed by atoms with Crippen LogP contribution >= 0.6 is 11.8 Å². The summed E-state index contributed by atoms with van der Waals surface area (Å²) in [5.41, 5.74) is 2.20. The van der Waals surface area contributed by atoms with Crippen molar-refractivity contribution in [3.63, 3.8) is 0 Å². The van der Waals surface area contributed by atoms with Crippen LogP contribution in [0.2, 0.25) is 0 Å². The van der Waals surface area contributed by atoms with Crippen molar-refractivity contribution in [1.82, 2.24) is 5.32 Å². The second kappa shape index (κ2) is 8.49. The lowest BCUT2D eigenvalue weighted by molar-refractivity contribution is -0.138. The van der Waals surface area contributed by atoms with Crippen LogP contribution in [0, 0.1) is 0 Å². The number of benzene rings is 2. The molecule has 0 spiro atoms. The van der Waals surface area contributed by atoms with E-state index in [4.69, 9.17) is 5.11 Å². The number of nitrogens with one attached hydrogen (secondary N) is 1. The van der Waals surface area contributed by atoms with Crippen LogP contribution in [-0.4, -0.2) is 44.7 Å². The number of amides is 1. The van der Waals surface area contributed by atoms with Crippen molar-refractivity contribution in [3.8, 4) is 11.1 Å². The van der Waals surface area contributed by atoms with Crippen LogP contribution in [0.5, 0.6) is 0 Å². The molecule has 1 saturated heterocycles. The molecular weight excluding hydrogens is 382 g/mol. The second-order valence-electron chi connectivity index (χ2n) is 5.82. The van der Waals surface area contributed by atoms with Gasteiger partial charge < -0.3 is 15.5 Å². The van der Waals surface area contributed by atoms with E-state index in [-0.39, 0.29) is 17.2 Å². The SMILES string of the molecule is O=C(O)CC1SC(=NN=Cc2cccc(-c3ccccc3C(=O)O)c2)NC1=O. The van der Waals surface area contributed by atoms with E-state index in [0.29, 0.717) is 11.1 Å². The summed E-state index contributed by atoms with van der Waals surface area (Å²) in [5, 5.41) is 27.9. The fourth-order valence-corrected chi connectivity index (χ4v) is 3.52. The van der Waals surface area contributed by atoms with Crippen molar-refractivity contribution in [3.05, 3.63) is 59.7 Å². The summed E-state index contributed by atoms with van der Waals surface area (Å²) in [5.74, 6) is -2.48. The van der Waals surface area contributed by atoms with Gasteiger partial charge in [0.2, 0.25) is 5.91 Å². The molecule has 0 aromatic heterocycles. The molecule has 0 bridgehead atoms. The topological polar surface area (TPSA) is 128 Å². The summed E-state index contributed by atoms with van der Waals surface area (Å²) >= 11 is 1.02. The van der Waals surface area contributed by atoms with E-state index in [1.807, 2.05) is 0 Å². The number of carbonyl (C=O) groups is 3. The summed E-state index contributed by atoms with van der Waals surface area (Å²) in [7, 11) is 0. The molecule has 3 N–H and O–H groups in total. The lowest BCUT2D eigenvalue weighted by Gasteiger charge is -2.06. The molecule has 2 aromatic rings. The van der Waals surface area contributed by atoms with Gasteiger partial charge in [0.25, 0.3) is 0 Å². The molecule has 1 amide bonds. The minimum Gasteiger partial charge on any atom is -0.481 e. The number of carbonyl (C=O) groups excluding carboxylic acids is 1. The van der Waals surface area contributed by atoms with Crippen molar-refractivity contribution < 1.29 is 24.6 Å². The molecule has 1 atom stereocenters. The van der Waals surface area contributed by atoms with Crippen LogP contribution in [-0.2, 0) is 9.59 Å². The van der Waals surface area contributed by atoms with Gasteiger partial charge in [-0.2, -0.15) is 5.10 Å². The molecule has 9 heteroatoms. The zero-order valence-corrected chi connectivity index (χ0v) is 15.2. The summed E-state index contributed by atoms with van der Waals surface area (Å²) in [6.07, 6.45) is 1.18. The van der Waals surface area contributed by atoms with E-state index >= 15 is 0 Å². The van der Waals surface area contributed by atoms with Crippen LogP contribution in [0.15, 0.2) is 58.7 Å². The third-order valence-electron chi connectivity index (χ3n) is 3.85. The van der Waals surface area contributed by atoms with Crippen molar-refractivity contribution in [2.75, 3.05) is 0 Å². The predicted octanol–water partition coefficient (Wildman–Crippen LogP) is 2.45. The van der Waals surface area contributed by atoms with Gasteiger partial charge in [0.15, 0.2) is 5.17 Å². The smallest absolute Gasteiger partial charge is 0.336 e. The van der Waals surface area contributed by atoms with E-state index in [0.717, 1.165) is 17.3 Å². The Labute approximate surface area is 164 Å². The zero-order chi connectivity index (χ0) is 20.1. The first kappa shape index (κ1) is 19.3. The van der Waals surface area contributed by atoms with Crippen LogP contribution in [0.25, 0.3) is 11.1 Å². The average Bonchev–Trinajstić information content (AvgIpc) is 3.00. The van der Waals surface area contributed by atoms with E-state index < -0.39 is 23.1 Å². The van der Waals surface area contributed by atoms with Crippen LogP contribution in [0.4, 0.5) is 0 Å². The Balaban J connectivity index is 1.76. The maximum absolute atomic E-state index is 11.7. The molecular formula is C19H15N3O5S. The Morgan fingerprint density at radius 2 is 1.93 bits per heavy atom. The Hall–Kier alpha value is -3.46. The van der Waals surface area contributed by atoms with Crippen molar-refractivity contribution >= 4 is 41.0 Å². The van der Waals surface area contributed by atoms with Gasteiger partial charge in [-0.1, -0.05) is 48.2 Å². The number of carboxylic acids is 2. The second-order valence-corrected chi connectivity index (χ2v) is 7.01. The summed E-state index contributed by atoms with van der Waals surface area (Å²) < 4.78 is 0. The molecule has 142 valence electrons. The Morgan fingerprint density at radius 1 is 1.14 bits per heavy atom. The largest absolute Gasteiger partial charge is 0.481 e. The molecule has 1 heterocycles. The zero-order valence-electron chi connectivity index (χ0n) is 14.4. The first-order chi connectivity index (χ1) is 13.4. The van der Waals surface area contributed by atoms with E-state index in [2.05, 4.69) is 15.5 Å². The fraction of sp³-hybridized carbons (Fsp3) is 0.105. The molecule has 8 nitrogen and oxygen atoms in total. The number of hydrogen-bond donors (Lipinski definition) is 3. The minimum atomic E-state index is -1.06. The number of aliphatic carboxylic acids is 1. The van der Waals surface area contributed by atoms with Gasteiger partial charge in [0, 0.05) is 0 Å². The highest BCUT2D eigenvalue weighted by Crippen LogP contribution is 2.25. The Morgan fingerprint density at radius 3 is 2.68 bits per heavy atom. The summed E-state index contributed by atoms with van der Waals surface area (Å²) in [4.78, 5) is 33.8. The maximum Gasteiger partial charge on any atom is 0.336 e. The predicted molar refractivity (Wildman–Crippen MR) is 106 cm³/mol. The molecule has 1 fully saturated rings. The normalized spacial score (nSPS) is 17.8. The number of thioether (sulfide) groups is 1. The molecule has 3 rings (SSSR count). The van der Waals surface area contributed by atoms with E-state index in [1.54, 1.807) is 42.5 Å². The number of rotatable bonds is 6. The highest BCUT2D eigenvalue weighted by Gasteiger charge is 2.32. The molecule has 1 aliphatic heterocycles. The summed E-state index contributed by atoms with van der Waals surface area (Å²) in [6.45, 7) is 0. The van der Waals surface area contributed by atoms with Crippen LogP contribution in [0.1, 0.15) is 22.3 Å². The lowest BCUT2D eigenvalue weighted by atomic mass is 9.98. The fourth-order valence-electron chi connectivity index (χ4n) is 2.60. The van der Waals surface area contributed by atoms with Crippen molar-refractivity contribution in [2.24, 2.45) is 10.2 Å². The number of nitrogens with zero attached hydrogens (tertiary/aromatic N) is 2. The van der Waals surface area contributed by atoms with Gasteiger partial charge >= 0.3 is 11.9 Å². The van der Waals surface area contributed by atoms with Gasteiger partial charge in [-0.25, -0.2) is 4.79 Å². The molecule has 0 radical (unpaired) electrons. The summed E-state index contributed by atoms with van der Waals surface area (Å²) in [6, 6.07) is 13.8. The standard InChI is InChI=1S/C19H15N3O5S/c23-16(24)9-15-17(25)21-19(28-15)22-20-10-11-4-3-5-12(8-11)13-6-1-2-7-14(13)18(26)27/h1-8,10,15H,9H2,(H,23,24)(H,26,27)(H,21,22,25).